The van der Waals surface area contributed by atoms with Gasteiger partial charge in [-0.2, -0.15) is 0 Å². The molecule has 2 N–H and O–H groups in total. The topological polar surface area (TPSA) is 60.8 Å². The van der Waals surface area contributed by atoms with Crippen LogP contribution in [0.15, 0.2) is 23.1 Å². The highest BCUT2D eigenvalue weighted by Crippen LogP contribution is 2.33. The molecule has 0 unspecified atom stereocenters. The third-order valence-corrected chi connectivity index (χ3v) is 5.19. The van der Waals surface area contributed by atoms with Gasteiger partial charge in [0.2, 0.25) is 0 Å². The molecule has 1 aliphatic heterocycles. The van der Waals surface area contributed by atoms with Crippen LogP contribution in [0.25, 0.3) is 6.08 Å². The quantitative estimate of drug-likeness (QED) is 0.642. The maximum absolute atomic E-state index is 10.9. The van der Waals surface area contributed by atoms with Gasteiger partial charge < -0.3 is 15.1 Å². The zero-order valence-electron chi connectivity index (χ0n) is 13.5. The molecule has 1 fully saturated rings. The van der Waals surface area contributed by atoms with Gasteiger partial charge in [-0.1, -0.05) is 39.1 Å². The lowest BCUT2D eigenvalue weighted by atomic mass is 9.85. The minimum absolute atomic E-state index is 0.0699. The second kappa shape index (κ2) is 6.93. The average molecular weight is 351 g/mol. The molecule has 1 aromatic carbocycles. The monoisotopic (exact) mass is 351 g/mol. The number of thioether (sulfide) groups is 1. The third-order valence-electron chi connectivity index (χ3n) is 3.57. The van der Waals surface area contributed by atoms with E-state index in [1.54, 1.807) is 22.7 Å². The van der Waals surface area contributed by atoms with Gasteiger partial charge in [0.1, 0.15) is 17.3 Å². The number of benzene rings is 1. The predicted octanol–water partition coefficient (Wildman–Crippen LogP) is 3.49. The van der Waals surface area contributed by atoms with Crippen LogP contribution in [0.2, 0.25) is 0 Å². The van der Waals surface area contributed by atoms with Crippen LogP contribution in [0.5, 0.6) is 5.75 Å². The van der Waals surface area contributed by atoms with Crippen molar-refractivity contribution < 1.29 is 15.0 Å². The minimum Gasteiger partial charge on any atom is -0.508 e. The Labute approximate surface area is 146 Å². The second-order valence-corrected chi connectivity index (χ2v) is 8.03. The Bertz CT molecular complexity index is 662. The molecule has 0 bridgehead atoms. The molecule has 0 aliphatic carbocycles. The van der Waals surface area contributed by atoms with Crippen molar-refractivity contribution >= 4 is 41.0 Å². The molecule has 0 radical (unpaired) electrons. The van der Waals surface area contributed by atoms with Gasteiger partial charge in [-0.25, -0.2) is 0 Å². The molecule has 1 saturated heterocycles. The van der Waals surface area contributed by atoms with E-state index in [1.807, 2.05) is 39.0 Å². The van der Waals surface area contributed by atoms with Gasteiger partial charge in [-0.15, -0.1) is 11.8 Å². The SMILES string of the molecule is CC(C)(C)c1cc(C=C2SCCN(CC(=O)O)C2=S)ccc1O. The van der Waals surface area contributed by atoms with Gasteiger partial charge in [0, 0.05) is 17.2 Å². The van der Waals surface area contributed by atoms with Gasteiger partial charge in [-0.3, -0.25) is 4.79 Å². The highest BCUT2D eigenvalue weighted by atomic mass is 32.2. The van der Waals surface area contributed by atoms with Crippen molar-refractivity contribution in [2.75, 3.05) is 18.8 Å². The lowest BCUT2D eigenvalue weighted by Crippen LogP contribution is -2.39. The molecule has 0 atom stereocenters. The van der Waals surface area contributed by atoms with Crippen LogP contribution in [0.3, 0.4) is 0 Å². The van der Waals surface area contributed by atoms with Crippen molar-refractivity contribution in [2.24, 2.45) is 0 Å². The van der Waals surface area contributed by atoms with E-state index < -0.39 is 5.97 Å². The van der Waals surface area contributed by atoms with Gasteiger partial charge >= 0.3 is 5.97 Å². The first kappa shape index (κ1) is 17.8. The Hall–Kier alpha value is -1.53. The van der Waals surface area contributed by atoms with E-state index >= 15 is 0 Å². The molecule has 0 amide bonds. The molecule has 6 heteroatoms. The van der Waals surface area contributed by atoms with Crippen LogP contribution in [0.1, 0.15) is 31.9 Å². The smallest absolute Gasteiger partial charge is 0.323 e. The Kier molecular flexibility index (Phi) is 5.37. The molecule has 0 aromatic heterocycles. The molecule has 1 aliphatic rings. The summed E-state index contributed by atoms with van der Waals surface area (Å²) in [5.74, 6) is 0.216. The number of carboxylic acid groups (broad SMARTS) is 1. The van der Waals surface area contributed by atoms with E-state index in [-0.39, 0.29) is 17.7 Å². The first-order valence-corrected chi connectivity index (χ1v) is 8.77. The molecule has 0 saturated carbocycles. The zero-order chi connectivity index (χ0) is 17.2. The number of carbonyl (C=O) groups is 1. The highest BCUT2D eigenvalue weighted by molar-refractivity contribution is 8.05. The standard InChI is InChI=1S/C17H21NO3S2/c1-17(2,3)12-8-11(4-5-13(12)19)9-14-16(22)18(6-7-23-14)10-15(20)21/h4-5,8-9,19H,6-7,10H2,1-3H3,(H,20,21). The fraction of sp³-hybridized carbons (Fsp3) is 0.412. The summed E-state index contributed by atoms with van der Waals surface area (Å²) < 4.78 is 0. The Morgan fingerprint density at radius 2 is 2.13 bits per heavy atom. The summed E-state index contributed by atoms with van der Waals surface area (Å²) in [6.45, 7) is 6.73. The van der Waals surface area contributed by atoms with Gasteiger partial charge in [0.15, 0.2) is 0 Å². The molecular formula is C17H21NO3S2. The van der Waals surface area contributed by atoms with E-state index in [0.717, 1.165) is 21.8 Å². The summed E-state index contributed by atoms with van der Waals surface area (Å²) in [7, 11) is 0. The van der Waals surface area contributed by atoms with Crippen molar-refractivity contribution in [3.05, 3.63) is 34.2 Å². The second-order valence-electron chi connectivity index (χ2n) is 6.50. The Balaban J connectivity index is 2.30. The molecule has 1 aromatic rings. The van der Waals surface area contributed by atoms with E-state index in [9.17, 15) is 9.90 Å². The summed E-state index contributed by atoms with van der Waals surface area (Å²) in [5.41, 5.74) is 1.67. The number of hydrogen-bond donors (Lipinski definition) is 2. The van der Waals surface area contributed by atoms with Crippen molar-refractivity contribution in [3.8, 4) is 5.75 Å². The van der Waals surface area contributed by atoms with E-state index in [1.165, 1.54) is 0 Å². The molecule has 1 heterocycles. The van der Waals surface area contributed by atoms with E-state index in [0.29, 0.717) is 11.5 Å². The molecule has 4 nitrogen and oxygen atoms in total. The number of phenolic OH excluding ortho intramolecular Hbond substituents is 1. The summed E-state index contributed by atoms with van der Waals surface area (Å²) in [5, 5.41) is 19.0. The maximum atomic E-state index is 10.9. The first-order chi connectivity index (χ1) is 10.7. The number of phenols is 1. The number of rotatable bonds is 3. The lowest BCUT2D eigenvalue weighted by molar-refractivity contribution is -0.137. The number of carboxylic acids is 1. The summed E-state index contributed by atoms with van der Waals surface area (Å²) in [4.78, 5) is 14.1. The third kappa shape index (κ3) is 4.48. The maximum Gasteiger partial charge on any atom is 0.323 e. The average Bonchev–Trinajstić information content (AvgIpc) is 2.43. The van der Waals surface area contributed by atoms with Crippen molar-refractivity contribution in [1.29, 1.82) is 0 Å². The summed E-state index contributed by atoms with van der Waals surface area (Å²) >= 11 is 7.06. The van der Waals surface area contributed by atoms with Crippen LogP contribution in [-0.2, 0) is 10.2 Å². The number of aliphatic carboxylic acids is 1. The van der Waals surface area contributed by atoms with E-state index in [2.05, 4.69) is 0 Å². The lowest BCUT2D eigenvalue weighted by Gasteiger charge is -2.29. The van der Waals surface area contributed by atoms with Crippen molar-refractivity contribution in [3.63, 3.8) is 0 Å². The van der Waals surface area contributed by atoms with Crippen LogP contribution in [0.4, 0.5) is 0 Å². The van der Waals surface area contributed by atoms with Gasteiger partial charge in [-0.05, 0) is 34.8 Å². The van der Waals surface area contributed by atoms with E-state index in [4.69, 9.17) is 17.3 Å². The molecule has 2 rings (SSSR count). The highest BCUT2D eigenvalue weighted by Gasteiger charge is 2.23. The molecule has 0 spiro atoms. The largest absolute Gasteiger partial charge is 0.508 e. The Morgan fingerprint density at radius 1 is 1.43 bits per heavy atom. The number of thiocarbonyl (C=S) groups is 1. The van der Waals surface area contributed by atoms with Crippen LogP contribution < -0.4 is 0 Å². The van der Waals surface area contributed by atoms with Gasteiger partial charge in [0.25, 0.3) is 0 Å². The predicted molar refractivity (Wildman–Crippen MR) is 99.0 cm³/mol. The summed E-state index contributed by atoms with van der Waals surface area (Å²) in [6, 6.07) is 5.50. The van der Waals surface area contributed by atoms with Crippen molar-refractivity contribution in [2.45, 2.75) is 26.2 Å². The summed E-state index contributed by atoms with van der Waals surface area (Å²) in [6.07, 6.45) is 1.97. The first-order valence-electron chi connectivity index (χ1n) is 7.37. The molecule has 124 valence electrons. The Morgan fingerprint density at radius 3 is 2.74 bits per heavy atom. The number of nitrogens with zero attached hydrogens (tertiary/aromatic N) is 1. The fourth-order valence-electron chi connectivity index (χ4n) is 2.40. The number of aromatic hydroxyl groups is 1. The van der Waals surface area contributed by atoms with Crippen LogP contribution in [0, 0.1) is 0 Å². The fourth-order valence-corrected chi connectivity index (χ4v) is 3.79. The van der Waals surface area contributed by atoms with Crippen LogP contribution in [-0.4, -0.2) is 44.9 Å². The minimum atomic E-state index is -0.877. The zero-order valence-corrected chi connectivity index (χ0v) is 15.1. The number of hydrogen-bond acceptors (Lipinski definition) is 4. The molecule has 23 heavy (non-hydrogen) atoms. The molecular weight excluding hydrogens is 330 g/mol. The van der Waals surface area contributed by atoms with Gasteiger partial charge in [0.05, 0.1) is 0 Å². The van der Waals surface area contributed by atoms with Crippen molar-refractivity contribution in [1.82, 2.24) is 4.90 Å². The normalized spacial score (nSPS) is 17.6. The van der Waals surface area contributed by atoms with Crippen LogP contribution >= 0.6 is 24.0 Å².